The molecule has 1 aromatic heterocycles. The zero-order valence-corrected chi connectivity index (χ0v) is 11.9. The number of fused-ring (bicyclic) bond motifs is 5. The van der Waals surface area contributed by atoms with Crippen molar-refractivity contribution < 1.29 is 0 Å². The van der Waals surface area contributed by atoms with E-state index in [1.54, 1.807) is 0 Å². The van der Waals surface area contributed by atoms with E-state index in [4.69, 9.17) is 0 Å². The van der Waals surface area contributed by atoms with E-state index in [9.17, 15) is 0 Å². The highest BCUT2D eigenvalue weighted by atomic mass is 15.0. The van der Waals surface area contributed by atoms with E-state index in [-0.39, 0.29) is 0 Å². The van der Waals surface area contributed by atoms with Crippen molar-refractivity contribution in [2.75, 3.05) is 0 Å². The lowest BCUT2D eigenvalue weighted by Crippen LogP contribution is -1.94. The third kappa shape index (κ3) is 1.38. The standard InChI is InChI=1S/C19H17N/c1-3-20-17-12-11-14-8-4-5-9-15(14)18(17)16-10-6-7-13(2)19(16)20/h4-12H,3H2,1-2H3. The summed E-state index contributed by atoms with van der Waals surface area (Å²) in [6.07, 6.45) is 0. The van der Waals surface area contributed by atoms with Crippen LogP contribution in [-0.4, -0.2) is 4.57 Å². The van der Waals surface area contributed by atoms with Crippen LogP contribution in [0.2, 0.25) is 0 Å². The molecule has 20 heavy (non-hydrogen) atoms. The number of aryl methyl sites for hydroxylation is 2. The summed E-state index contributed by atoms with van der Waals surface area (Å²) >= 11 is 0. The summed E-state index contributed by atoms with van der Waals surface area (Å²) in [5, 5.41) is 5.44. The first-order valence-electron chi connectivity index (χ1n) is 7.20. The van der Waals surface area contributed by atoms with Crippen LogP contribution < -0.4 is 0 Å². The van der Waals surface area contributed by atoms with Crippen molar-refractivity contribution in [3.8, 4) is 0 Å². The smallest absolute Gasteiger partial charge is 0.0521 e. The Morgan fingerprint density at radius 2 is 1.65 bits per heavy atom. The third-order valence-corrected chi connectivity index (χ3v) is 4.29. The molecule has 0 fully saturated rings. The summed E-state index contributed by atoms with van der Waals surface area (Å²) in [6, 6.07) is 19.8. The van der Waals surface area contributed by atoms with Crippen LogP contribution in [0.15, 0.2) is 54.6 Å². The Morgan fingerprint density at radius 3 is 2.50 bits per heavy atom. The van der Waals surface area contributed by atoms with Crippen molar-refractivity contribution in [2.45, 2.75) is 20.4 Å². The van der Waals surface area contributed by atoms with Crippen molar-refractivity contribution >= 4 is 32.6 Å². The molecule has 1 heterocycles. The van der Waals surface area contributed by atoms with E-state index >= 15 is 0 Å². The molecule has 98 valence electrons. The highest BCUT2D eigenvalue weighted by Crippen LogP contribution is 2.35. The van der Waals surface area contributed by atoms with Gasteiger partial charge in [-0.1, -0.05) is 48.5 Å². The Kier molecular flexibility index (Phi) is 2.37. The second-order valence-electron chi connectivity index (χ2n) is 5.40. The van der Waals surface area contributed by atoms with E-state index in [1.165, 1.54) is 38.1 Å². The lowest BCUT2D eigenvalue weighted by atomic mass is 10.0. The molecule has 0 aliphatic rings. The van der Waals surface area contributed by atoms with Crippen LogP contribution in [0.5, 0.6) is 0 Å². The largest absolute Gasteiger partial charge is 0.341 e. The molecular weight excluding hydrogens is 242 g/mol. The van der Waals surface area contributed by atoms with Gasteiger partial charge in [0.1, 0.15) is 0 Å². The van der Waals surface area contributed by atoms with E-state index in [2.05, 4.69) is 73.0 Å². The summed E-state index contributed by atoms with van der Waals surface area (Å²) in [6.45, 7) is 5.43. The fourth-order valence-electron chi connectivity index (χ4n) is 3.44. The van der Waals surface area contributed by atoms with Crippen LogP contribution in [0.25, 0.3) is 32.6 Å². The Balaban J connectivity index is 2.38. The molecule has 1 heteroatoms. The molecule has 0 aliphatic carbocycles. The van der Waals surface area contributed by atoms with Crippen molar-refractivity contribution in [1.82, 2.24) is 4.57 Å². The predicted octanol–water partition coefficient (Wildman–Crippen LogP) is 5.28. The Labute approximate surface area is 118 Å². The highest BCUT2D eigenvalue weighted by Gasteiger charge is 2.13. The van der Waals surface area contributed by atoms with Crippen LogP contribution in [0.3, 0.4) is 0 Å². The summed E-state index contributed by atoms with van der Waals surface area (Å²) in [7, 11) is 0. The first kappa shape index (κ1) is 11.5. The van der Waals surface area contributed by atoms with Gasteiger partial charge in [-0.15, -0.1) is 0 Å². The lowest BCUT2D eigenvalue weighted by molar-refractivity contribution is 0.825. The molecule has 0 atom stereocenters. The number of aromatic nitrogens is 1. The van der Waals surface area contributed by atoms with E-state index in [1.807, 2.05) is 0 Å². The predicted molar refractivity (Wildman–Crippen MR) is 87.4 cm³/mol. The maximum Gasteiger partial charge on any atom is 0.0521 e. The van der Waals surface area contributed by atoms with Gasteiger partial charge in [-0.2, -0.15) is 0 Å². The molecule has 0 spiro atoms. The number of para-hydroxylation sites is 1. The average molecular weight is 259 g/mol. The quantitative estimate of drug-likeness (QED) is 0.438. The van der Waals surface area contributed by atoms with Gasteiger partial charge in [-0.05, 0) is 36.2 Å². The molecule has 0 radical (unpaired) electrons. The van der Waals surface area contributed by atoms with Gasteiger partial charge in [0.2, 0.25) is 0 Å². The van der Waals surface area contributed by atoms with Crippen molar-refractivity contribution in [2.24, 2.45) is 0 Å². The SMILES string of the molecule is CCn1c2ccc3ccccc3c2c2cccc(C)c21. The van der Waals surface area contributed by atoms with Crippen LogP contribution in [0.4, 0.5) is 0 Å². The van der Waals surface area contributed by atoms with E-state index < -0.39 is 0 Å². The molecule has 3 aromatic carbocycles. The molecule has 0 amide bonds. The summed E-state index contributed by atoms with van der Waals surface area (Å²) in [5.41, 5.74) is 4.07. The number of rotatable bonds is 1. The summed E-state index contributed by atoms with van der Waals surface area (Å²) in [4.78, 5) is 0. The van der Waals surface area contributed by atoms with Gasteiger partial charge in [0.25, 0.3) is 0 Å². The number of nitrogens with zero attached hydrogens (tertiary/aromatic N) is 1. The van der Waals surface area contributed by atoms with Gasteiger partial charge in [0, 0.05) is 22.8 Å². The summed E-state index contributed by atoms with van der Waals surface area (Å²) in [5.74, 6) is 0. The maximum absolute atomic E-state index is 2.44. The zero-order valence-electron chi connectivity index (χ0n) is 11.9. The molecule has 0 saturated carbocycles. The molecule has 4 aromatic rings. The average Bonchev–Trinajstić information content (AvgIpc) is 2.82. The first-order chi connectivity index (χ1) is 9.81. The molecule has 1 nitrogen and oxygen atoms in total. The Bertz CT molecular complexity index is 944. The molecule has 0 N–H and O–H groups in total. The first-order valence-corrected chi connectivity index (χ1v) is 7.20. The van der Waals surface area contributed by atoms with Gasteiger partial charge in [-0.25, -0.2) is 0 Å². The Morgan fingerprint density at radius 1 is 0.850 bits per heavy atom. The summed E-state index contributed by atoms with van der Waals surface area (Å²) < 4.78 is 2.44. The van der Waals surface area contributed by atoms with E-state index in [0.29, 0.717) is 0 Å². The Hall–Kier alpha value is -2.28. The minimum absolute atomic E-state index is 1.00. The zero-order chi connectivity index (χ0) is 13.7. The maximum atomic E-state index is 2.44. The second-order valence-corrected chi connectivity index (χ2v) is 5.40. The van der Waals surface area contributed by atoms with Crippen LogP contribution in [-0.2, 0) is 6.54 Å². The van der Waals surface area contributed by atoms with Gasteiger partial charge in [-0.3, -0.25) is 0 Å². The van der Waals surface area contributed by atoms with Crippen molar-refractivity contribution in [3.05, 3.63) is 60.2 Å². The number of hydrogen-bond donors (Lipinski definition) is 0. The topological polar surface area (TPSA) is 4.93 Å². The molecule has 0 aliphatic heterocycles. The van der Waals surface area contributed by atoms with Gasteiger partial charge < -0.3 is 4.57 Å². The van der Waals surface area contributed by atoms with Crippen molar-refractivity contribution in [3.63, 3.8) is 0 Å². The lowest BCUT2D eigenvalue weighted by Gasteiger charge is -2.05. The molecule has 4 rings (SSSR count). The number of hydrogen-bond acceptors (Lipinski definition) is 0. The van der Waals surface area contributed by atoms with Crippen molar-refractivity contribution in [1.29, 1.82) is 0 Å². The van der Waals surface area contributed by atoms with E-state index in [0.717, 1.165) is 6.54 Å². The second kappa shape index (κ2) is 4.11. The highest BCUT2D eigenvalue weighted by molar-refractivity contribution is 6.21. The fourth-order valence-corrected chi connectivity index (χ4v) is 3.44. The van der Waals surface area contributed by atoms with Crippen LogP contribution in [0.1, 0.15) is 12.5 Å². The van der Waals surface area contributed by atoms with Gasteiger partial charge in [0.15, 0.2) is 0 Å². The minimum atomic E-state index is 1.00. The van der Waals surface area contributed by atoms with Gasteiger partial charge in [0.05, 0.1) is 5.52 Å². The normalized spacial score (nSPS) is 11.7. The molecule has 0 saturated heterocycles. The molecule has 0 bridgehead atoms. The van der Waals surface area contributed by atoms with Gasteiger partial charge >= 0.3 is 0 Å². The fraction of sp³-hybridized carbons (Fsp3) is 0.158. The molecular formula is C19H17N. The van der Waals surface area contributed by atoms with Crippen LogP contribution >= 0.6 is 0 Å². The minimum Gasteiger partial charge on any atom is -0.341 e. The number of benzene rings is 3. The molecule has 0 unspecified atom stereocenters. The van der Waals surface area contributed by atoms with Crippen LogP contribution in [0, 0.1) is 6.92 Å². The monoisotopic (exact) mass is 259 g/mol. The third-order valence-electron chi connectivity index (χ3n) is 4.29.